The van der Waals surface area contributed by atoms with E-state index >= 15 is 0 Å². The summed E-state index contributed by atoms with van der Waals surface area (Å²) >= 11 is 0. The first-order valence-electron chi connectivity index (χ1n) is 7.70. The van der Waals surface area contributed by atoms with Crippen LogP contribution in [0, 0.1) is 6.92 Å². The van der Waals surface area contributed by atoms with Crippen molar-refractivity contribution in [3.8, 4) is 0 Å². The Bertz CT molecular complexity index is 689. The Morgan fingerprint density at radius 1 is 0.800 bits per heavy atom. The number of unbranched alkanes of at least 4 members (excludes halogenated alkanes) is 1. The third-order valence-electron chi connectivity index (χ3n) is 3.75. The van der Waals surface area contributed by atoms with Crippen LogP contribution in [-0.4, -0.2) is 4.57 Å². The van der Waals surface area contributed by atoms with E-state index < -0.39 is 0 Å². The van der Waals surface area contributed by atoms with Crippen LogP contribution in [0.2, 0.25) is 0 Å². The van der Waals surface area contributed by atoms with Gasteiger partial charge in [-0.25, -0.2) is 0 Å². The molecular formula is C19H25N. The maximum atomic E-state index is 2.39. The van der Waals surface area contributed by atoms with Gasteiger partial charge in [0.1, 0.15) is 0 Å². The van der Waals surface area contributed by atoms with Crippen LogP contribution in [0.1, 0.15) is 39.2 Å². The summed E-state index contributed by atoms with van der Waals surface area (Å²) in [6.07, 6.45) is 2.64. The highest BCUT2D eigenvalue weighted by Crippen LogP contribution is 2.29. The first-order chi connectivity index (χ1) is 9.72. The van der Waals surface area contributed by atoms with Crippen LogP contribution in [0.4, 0.5) is 0 Å². The van der Waals surface area contributed by atoms with Crippen molar-refractivity contribution in [1.29, 1.82) is 0 Å². The number of hydrogen-bond acceptors (Lipinski definition) is 0. The highest BCUT2D eigenvalue weighted by molar-refractivity contribution is 6.08. The normalized spacial score (nSPS) is 10.6. The molecule has 2 aromatic carbocycles. The largest absolute Gasteiger partial charge is 0.341 e. The zero-order valence-corrected chi connectivity index (χ0v) is 13.1. The third-order valence-corrected chi connectivity index (χ3v) is 3.75. The molecule has 0 saturated carbocycles. The quantitative estimate of drug-likeness (QED) is 0.542. The molecule has 0 atom stereocenters. The van der Waals surface area contributed by atoms with Crippen molar-refractivity contribution in [2.24, 2.45) is 0 Å². The first-order valence-corrected chi connectivity index (χ1v) is 7.70. The lowest BCUT2D eigenvalue weighted by Gasteiger charge is -2.02. The average Bonchev–Trinajstić information content (AvgIpc) is 2.80. The standard InChI is InChI=1S/C15H15N.C4H10/c1-3-16-14-7-5-4-6-12(14)13-9-8-11(2)10-15(13)16;1-3-4-2/h4-10H,3H2,1-2H3;3-4H2,1-2H3. The van der Waals surface area contributed by atoms with Crippen LogP contribution >= 0.6 is 0 Å². The topological polar surface area (TPSA) is 4.93 Å². The van der Waals surface area contributed by atoms with E-state index in [2.05, 4.69) is 74.7 Å². The molecule has 0 spiro atoms. The van der Waals surface area contributed by atoms with Crippen molar-refractivity contribution in [3.63, 3.8) is 0 Å². The van der Waals surface area contributed by atoms with E-state index in [0.29, 0.717) is 0 Å². The van der Waals surface area contributed by atoms with Crippen molar-refractivity contribution in [2.45, 2.75) is 47.1 Å². The molecule has 1 aromatic heterocycles. The number of benzene rings is 2. The lowest BCUT2D eigenvalue weighted by molar-refractivity contribution is 0.827. The first kappa shape index (κ1) is 14.6. The lowest BCUT2D eigenvalue weighted by atomic mass is 10.1. The molecule has 0 unspecified atom stereocenters. The summed E-state index contributed by atoms with van der Waals surface area (Å²) in [5, 5.41) is 2.72. The fourth-order valence-corrected chi connectivity index (χ4v) is 2.50. The van der Waals surface area contributed by atoms with E-state index in [1.165, 1.54) is 40.2 Å². The third kappa shape index (κ3) is 2.72. The minimum Gasteiger partial charge on any atom is -0.341 e. The molecule has 20 heavy (non-hydrogen) atoms. The molecule has 3 aromatic rings. The number of fused-ring (bicyclic) bond motifs is 3. The van der Waals surface area contributed by atoms with E-state index in [0.717, 1.165) is 6.54 Å². The van der Waals surface area contributed by atoms with Gasteiger partial charge in [0.25, 0.3) is 0 Å². The van der Waals surface area contributed by atoms with Gasteiger partial charge in [0.15, 0.2) is 0 Å². The van der Waals surface area contributed by atoms with Gasteiger partial charge in [0, 0.05) is 28.4 Å². The number of hydrogen-bond donors (Lipinski definition) is 0. The molecule has 106 valence electrons. The van der Waals surface area contributed by atoms with Gasteiger partial charge in [0.2, 0.25) is 0 Å². The van der Waals surface area contributed by atoms with E-state index in [1.807, 2.05) is 0 Å². The maximum absolute atomic E-state index is 2.39. The molecular weight excluding hydrogens is 242 g/mol. The number of para-hydroxylation sites is 1. The summed E-state index contributed by atoms with van der Waals surface area (Å²) in [5.41, 5.74) is 4.01. The van der Waals surface area contributed by atoms with Gasteiger partial charge in [0.05, 0.1) is 0 Å². The Morgan fingerprint density at radius 2 is 1.45 bits per heavy atom. The zero-order chi connectivity index (χ0) is 14.5. The second kappa shape index (κ2) is 6.60. The lowest BCUT2D eigenvalue weighted by Crippen LogP contribution is -1.92. The Balaban J connectivity index is 0.000000328. The Labute approximate surface area is 122 Å². The molecule has 0 aliphatic carbocycles. The van der Waals surface area contributed by atoms with Gasteiger partial charge in [-0.2, -0.15) is 0 Å². The number of rotatable bonds is 2. The highest BCUT2D eigenvalue weighted by Gasteiger charge is 2.08. The fraction of sp³-hybridized carbons (Fsp3) is 0.368. The molecule has 3 rings (SSSR count). The minimum absolute atomic E-state index is 1.02. The predicted octanol–water partition coefficient (Wildman–Crippen LogP) is 5.93. The molecule has 0 aliphatic rings. The van der Waals surface area contributed by atoms with Gasteiger partial charge >= 0.3 is 0 Å². The van der Waals surface area contributed by atoms with Gasteiger partial charge < -0.3 is 4.57 Å². The summed E-state index contributed by atoms with van der Waals surface area (Å²) in [4.78, 5) is 0. The molecule has 0 bridgehead atoms. The second-order valence-electron chi connectivity index (χ2n) is 5.28. The van der Waals surface area contributed by atoms with Crippen LogP contribution in [0.3, 0.4) is 0 Å². The van der Waals surface area contributed by atoms with Crippen LogP contribution < -0.4 is 0 Å². The maximum Gasteiger partial charge on any atom is 0.0493 e. The van der Waals surface area contributed by atoms with Crippen molar-refractivity contribution in [2.75, 3.05) is 0 Å². The summed E-state index contributed by atoms with van der Waals surface area (Å²) in [6, 6.07) is 15.3. The van der Waals surface area contributed by atoms with Crippen molar-refractivity contribution < 1.29 is 0 Å². The average molecular weight is 267 g/mol. The zero-order valence-electron chi connectivity index (χ0n) is 13.1. The molecule has 0 N–H and O–H groups in total. The molecule has 0 fully saturated rings. The van der Waals surface area contributed by atoms with Crippen LogP contribution in [-0.2, 0) is 6.54 Å². The van der Waals surface area contributed by atoms with E-state index in [4.69, 9.17) is 0 Å². The Kier molecular flexibility index (Phi) is 4.84. The number of nitrogens with zero attached hydrogens (tertiary/aromatic N) is 1. The van der Waals surface area contributed by atoms with E-state index in [9.17, 15) is 0 Å². The van der Waals surface area contributed by atoms with Crippen LogP contribution in [0.25, 0.3) is 21.8 Å². The van der Waals surface area contributed by atoms with Gasteiger partial charge in [-0.3, -0.25) is 0 Å². The molecule has 0 saturated heterocycles. The van der Waals surface area contributed by atoms with Gasteiger partial charge in [-0.1, -0.05) is 57.0 Å². The van der Waals surface area contributed by atoms with Gasteiger partial charge in [-0.05, 0) is 31.5 Å². The predicted molar refractivity (Wildman–Crippen MR) is 90.4 cm³/mol. The summed E-state index contributed by atoms with van der Waals surface area (Å²) < 4.78 is 2.39. The molecule has 0 amide bonds. The summed E-state index contributed by atoms with van der Waals surface area (Å²) in [6.45, 7) is 9.73. The number of aryl methyl sites for hydroxylation is 2. The smallest absolute Gasteiger partial charge is 0.0493 e. The van der Waals surface area contributed by atoms with Crippen molar-refractivity contribution in [1.82, 2.24) is 4.57 Å². The Morgan fingerprint density at radius 3 is 2.10 bits per heavy atom. The van der Waals surface area contributed by atoms with Gasteiger partial charge in [-0.15, -0.1) is 0 Å². The van der Waals surface area contributed by atoms with Crippen LogP contribution in [0.15, 0.2) is 42.5 Å². The monoisotopic (exact) mass is 267 g/mol. The van der Waals surface area contributed by atoms with E-state index in [1.54, 1.807) is 0 Å². The Hall–Kier alpha value is -1.76. The molecule has 1 heteroatoms. The fourth-order valence-electron chi connectivity index (χ4n) is 2.50. The second-order valence-corrected chi connectivity index (χ2v) is 5.28. The molecule has 0 aliphatic heterocycles. The highest BCUT2D eigenvalue weighted by atomic mass is 15.0. The molecule has 1 heterocycles. The minimum atomic E-state index is 1.02. The van der Waals surface area contributed by atoms with Crippen molar-refractivity contribution in [3.05, 3.63) is 48.0 Å². The van der Waals surface area contributed by atoms with Crippen LogP contribution in [0.5, 0.6) is 0 Å². The number of aromatic nitrogens is 1. The SMILES string of the molecule is CCCC.CCn1c2ccccc2c2ccc(C)cc21. The molecule has 0 radical (unpaired) electrons. The van der Waals surface area contributed by atoms with Crippen molar-refractivity contribution >= 4 is 21.8 Å². The van der Waals surface area contributed by atoms with E-state index in [-0.39, 0.29) is 0 Å². The molecule has 1 nitrogen and oxygen atoms in total. The summed E-state index contributed by atoms with van der Waals surface area (Å²) in [5.74, 6) is 0. The summed E-state index contributed by atoms with van der Waals surface area (Å²) in [7, 11) is 0.